The van der Waals surface area contributed by atoms with Crippen molar-refractivity contribution in [3.63, 3.8) is 0 Å². The van der Waals surface area contributed by atoms with E-state index in [9.17, 15) is 0 Å². The largest absolute Gasteiger partial charge is 0.269 e. The van der Waals surface area contributed by atoms with Crippen molar-refractivity contribution in [2.45, 2.75) is 31.1 Å². The van der Waals surface area contributed by atoms with Crippen molar-refractivity contribution in [2.24, 2.45) is 5.41 Å². The Bertz CT molecular complexity index is 300. The second kappa shape index (κ2) is 2.13. The minimum Gasteiger partial charge on any atom is -0.269 e. The summed E-state index contributed by atoms with van der Waals surface area (Å²) < 4.78 is 2.20. The summed E-state index contributed by atoms with van der Waals surface area (Å²) in [7, 11) is 0. The van der Waals surface area contributed by atoms with Crippen molar-refractivity contribution in [1.29, 1.82) is 0 Å². The van der Waals surface area contributed by atoms with Crippen molar-refractivity contribution in [2.75, 3.05) is 0 Å². The van der Waals surface area contributed by atoms with E-state index in [1.807, 2.05) is 0 Å². The van der Waals surface area contributed by atoms with Crippen LogP contribution in [-0.2, 0) is 18.3 Å². The second-order valence-electron chi connectivity index (χ2n) is 4.10. The van der Waals surface area contributed by atoms with Crippen LogP contribution in [0.1, 0.15) is 24.2 Å². The number of alkyl halides is 1. The molecule has 2 heterocycles. The van der Waals surface area contributed by atoms with Gasteiger partial charge in [-0.25, -0.2) is 0 Å². The average molecular weight is 227 g/mol. The highest BCUT2D eigenvalue weighted by atomic mass is 79.9. The fourth-order valence-corrected chi connectivity index (χ4v) is 2.40. The van der Waals surface area contributed by atoms with Crippen LogP contribution in [0.2, 0.25) is 0 Å². The Kier molecular flexibility index (Phi) is 1.27. The lowest BCUT2D eigenvalue weighted by Crippen LogP contribution is -2.03. The molecule has 2 nitrogen and oxygen atoms in total. The maximum atomic E-state index is 4.51. The van der Waals surface area contributed by atoms with E-state index >= 15 is 0 Å². The first-order valence-electron chi connectivity index (χ1n) is 4.43. The van der Waals surface area contributed by atoms with Gasteiger partial charge in [-0.3, -0.25) is 4.68 Å². The van der Waals surface area contributed by atoms with Crippen molar-refractivity contribution in [1.82, 2.24) is 9.78 Å². The van der Waals surface area contributed by atoms with E-state index < -0.39 is 0 Å². The smallest absolute Gasteiger partial charge is 0.0732 e. The van der Waals surface area contributed by atoms with Crippen LogP contribution >= 0.6 is 15.9 Å². The van der Waals surface area contributed by atoms with Gasteiger partial charge < -0.3 is 0 Å². The molecule has 64 valence electrons. The SMILES string of the molecule is BrCc1cc2n(n1)CC1(CC1)C2. The molecule has 1 aliphatic heterocycles. The summed E-state index contributed by atoms with van der Waals surface area (Å²) in [6.07, 6.45) is 4.10. The Morgan fingerprint density at radius 3 is 3.00 bits per heavy atom. The van der Waals surface area contributed by atoms with Crippen LogP contribution < -0.4 is 0 Å². The number of halogens is 1. The van der Waals surface area contributed by atoms with Gasteiger partial charge in [0.25, 0.3) is 0 Å². The zero-order chi connectivity index (χ0) is 8.18. The molecule has 1 fully saturated rings. The van der Waals surface area contributed by atoms with Gasteiger partial charge in [0.1, 0.15) is 0 Å². The molecule has 1 aromatic heterocycles. The van der Waals surface area contributed by atoms with E-state index in [1.165, 1.54) is 37.2 Å². The lowest BCUT2D eigenvalue weighted by atomic mass is 10.0. The van der Waals surface area contributed by atoms with Crippen LogP contribution in [0.25, 0.3) is 0 Å². The van der Waals surface area contributed by atoms with Gasteiger partial charge in [0, 0.05) is 17.6 Å². The zero-order valence-corrected chi connectivity index (χ0v) is 8.47. The highest BCUT2D eigenvalue weighted by Gasteiger charge is 2.47. The molecule has 0 bridgehead atoms. The maximum Gasteiger partial charge on any atom is 0.0732 e. The third kappa shape index (κ3) is 0.889. The highest BCUT2D eigenvalue weighted by Crippen LogP contribution is 2.53. The molecule has 0 N–H and O–H groups in total. The highest BCUT2D eigenvalue weighted by molar-refractivity contribution is 9.08. The third-order valence-corrected chi connectivity index (χ3v) is 3.62. The quantitative estimate of drug-likeness (QED) is 0.672. The molecule has 0 radical (unpaired) electrons. The van der Waals surface area contributed by atoms with E-state index in [-0.39, 0.29) is 0 Å². The van der Waals surface area contributed by atoms with Gasteiger partial charge in [-0.05, 0) is 30.7 Å². The Morgan fingerprint density at radius 2 is 2.42 bits per heavy atom. The molecule has 0 amide bonds. The maximum absolute atomic E-state index is 4.51. The summed E-state index contributed by atoms with van der Waals surface area (Å²) in [4.78, 5) is 0. The van der Waals surface area contributed by atoms with Gasteiger partial charge in [-0.1, -0.05) is 15.9 Å². The Hall–Kier alpha value is -0.310. The Labute approximate surface area is 80.1 Å². The summed E-state index contributed by atoms with van der Waals surface area (Å²) >= 11 is 3.43. The first kappa shape index (κ1) is 7.13. The van der Waals surface area contributed by atoms with E-state index in [0.717, 1.165) is 5.33 Å². The number of rotatable bonds is 1. The number of fused-ring (bicyclic) bond motifs is 1. The van der Waals surface area contributed by atoms with Gasteiger partial charge in [0.05, 0.1) is 5.69 Å². The predicted molar refractivity (Wildman–Crippen MR) is 50.2 cm³/mol. The summed E-state index contributed by atoms with van der Waals surface area (Å²) in [5.41, 5.74) is 3.29. The number of aromatic nitrogens is 2. The van der Waals surface area contributed by atoms with E-state index in [2.05, 4.69) is 31.8 Å². The molecule has 1 saturated carbocycles. The van der Waals surface area contributed by atoms with E-state index in [0.29, 0.717) is 5.41 Å². The van der Waals surface area contributed by atoms with Gasteiger partial charge in [0.2, 0.25) is 0 Å². The molecular formula is C9H11BrN2. The fourth-order valence-electron chi connectivity index (χ4n) is 2.13. The molecule has 0 unspecified atom stereocenters. The molecule has 3 rings (SSSR count). The summed E-state index contributed by atoms with van der Waals surface area (Å²) in [6.45, 7) is 1.18. The first-order chi connectivity index (χ1) is 5.81. The molecule has 12 heavy (non-hydrogen) atoms. The van der Waals surface area contributed by atoms with Gasteiger partial charge >= 0.3 is 0 Å². The van der Waals surface area contributed by atoms with Crippen LogP contribution in [0.15, 0.2) is 6.07 Å². The molecule has 1 aliphatic carbocycles. The third-order valence-electron chi connectivity index (χ3n) is 3.05. The van der Waals surface area contributed by atoms with Gasteiger partial charge in [-0.15, -0.1) is 0 Å². The molecule has 2 aliphatic rings. The minimum atomic E-state index is 0.660. The molecule has 1 aromatic rings. The lowest BCUT2D eigenvalue weighted by Gasteiger charge is -2.01. The predicted octanol–water partition coefficient (Wildman–Crippen LogP) is 2.11. The monoisotopic (exact) mass is 226 g/mol. The number of nitrogens with zero attached hydrogens (tertiary/aromatic N) is 2. The lowest BCUT2D eigenvalue weighted by molar-refractivity contribution is 0.469. The topological polar surface area (TPSA) is 17.8 Å². The molecule has 0 atom stereocenters. The zero-order valence-electron chi connectivity index (χ0n) is 6.89. The normalized spacial score (nSPS) is 23.1. The molecule has 0 saturated heterocycles. The van der Waals surface area contributed by atoms with Gasteiger partial charge in [-0.2, -0.15) is 5.10 Å². The summed E-state index contributed by atoms with van der Waals surface area (Å²) in [6, 6.07) is 2.24. The van der Waals surface area contributed by atoms with E-state index in [4.69, 9.17) is 0 Å². The van der Waals surface area contributed by atoms with Crippen LogP contribution in [0.4, 0.5) is 0 Å². The molecule has 1 spiro atoms. The van der Waals surface area contributed by atoms with Gasteiger partial charge in [0.15, 0.2) is 0 Å². The Balaban J connectivity index is 1.96. The number of hydrogen-bond acceptors (Lipinski definition) is 1. The summed E-state index contributed by atoms with van der Waals surface area (Å²) in [5.74, 6) is 0. The minimum absolute atomic E-state index is 0.660. The second-order valence-corrected chi connectivity index (χ2v) is 4.66. The van der Waals surface area contributed by atoms with Crippen molar-refractivity contribution in [3.05, 3.63) is 17.5 Å². The standard InChI is InChI=1S/C9H11BrN2/c10-5-7-3-8-4-9(1-2-9)6-12(8)11-7/h3H,1-2,4-6H2. The summed E-state index contributed by atoms with van der Waals surface area (Å²) in [5, 5.41) is 5.40. The van der Waals surface area contributed by atoms with Crippen molar-refractivity contribution < 1.29 is 0 Å². The van der Waals surface area contributed by atoms with Crippen molar-refractivity contribution >= 4 is 15.9 Å². The number of hydrogen-bond donors (Lipinski definition) is 0. The van der Waals surface area contributed by atoms with Crippen molar-refractivity contribution in [3.8, 4) is 0 Å². The van der Waals surface area contributed by atoms with Crippen LogP contribution in [0.3, 0.4) is 0 Å². The van der Waals surface area contributed by atoms with Crippen LogP contribution in [0, 0.1) is 5.41 Å². The van der Waals surface area contributed by atoms with Crippen LogP contribution in [-0.4, -0.2) is 9.78 Å². The van der Waals surface area contributed by atoms with E-state index in [1.54, 1.807) is 0 Å². The average Bonchev–Trinajstić information content (AvgIpc) is 2.52. The fraction of sp³-hybridized carbons (Fsp3) is 0.667. The molecule has 0 aromatic carbocycles. The van der Waals surface area contributed by atoms with Crippen LogP contribution in [0.5, 0.6) is 0 Å². The molecule has 3 heteroatoms. The first-order valence-corrected chi connectivity index (χ1v) is 5.55. The Morgan fingerprint density at radius 1 is 1.58 bits per heavy atom. The molecular weight excluding hydrogens is 216 g/mol.